The number of rotatable bonds is 8. The average Bonchev–Trinajstić information content (AvgIpc) is 3.19. The van der Waals surface area contributed by atoms with E-state index < -0.39 is 23.9 Å². The molecule has 0 fully saturated rings. The number of hydrogen-bond acceptors (Lipinski definition) is 5. The standard InChI is InChI=1S/C26H30ClN3O5.Na.H/c1-6-7-11-21(19-15-20(27)16(2)13-24(19)34-5)28-26(33)29(4)25(32)23-14-18-10-8-9-12-22(18)30(23)35-17(3)31;;/h8-10,12-15,21H,6-7,11H2,1-5H3,(H,28,33);;. The van der Waals surface area contributed by atoms with Crippen molar-refractivity contribution in [1.29, 1.82) is 0 Å². The first kappa shape index (κ1) is 29.7. The first-order valence-corrected chi connectivity index (χ1v) is 11.8. The van der Waals surface area contributed by atoms with Crippen LogP contribution in [-0.2, 0) is 4.79 Å². The number of carbonyl (C=O) groups excluding carboxylic acids is 3. The number of fused-ring (bicyclic) bond motifs is 1. The molecule has 1 aromatic heterocycles. The fourth-order valence-electron chi connectivity index (χ4n) is 3.85. The molecular formula is C26H31ClN3NaO5. The summed E-state index contributed by atoms with van der Waals surface area (Å²) in [5.74, 6) is -0.601. The van der Waals surface area contributed by atoms with E-state index in [4.69, 9.17) is 21.2 Å². The van der Waals surface area contributed by atoms with Crippen molar-refractivity contribution in [1.82, 2.24) is 14.9 Å². The van der Waals surface area contributed by atoms with Crippen LogP contribution in [-0.4, -0.2) is 71.3 Å². The summed E-state index contributed by atoms with van der Waals surface area (Å²) in [4.78, 5) is 44.4. The van der Waals surface area contributed by atoms with Crippen LogP contribution in [0.25, 0.3) is 10.9 Å². The van der Waals surface area contributed by atoms with E-state index in [1.165, 1.54) is 14.0 Å². The minimum absolute atomic E-state index is 0. The van der Waals surface area contributed by atoms with Gasteiger partial charge in [-0.1, -0.05) is 49.6 Å². The topological polar surface area (TPSA) is 89.9 Å². The summed E-state index contributed by atoms with van der Waals surface area (Å²) in [5, 5.41) is 4.21. The van der Waals surface area contributed by atoms with Crippen LogP contribution in [0, 0.1) is 6.92 Å². The molecule has 8 nitrogen and oxygen atoms in total. The summed E-state index contributed by atoms with van der Waals surface area (Å²) in [7, 11) is 2.94. The van der Waals surface area contributed by atoms with Gasteiger partial charge in [0.05, 0.1) is 18.7 Å². The Labute approximate surface area is 238 Å². The molecule has 0 spiro atoms. The van der Waals surface area contributed by atoms with Crippen LogP contribution < -0.4 is 14.9 Å². The number of aryl methyl sites for hydroxylation is 1. The third kappa shape index (κ3) is 6.62. The Hall–Kier alpha value is -2.52. The predicted molar refractivity (Wildman–Crippen MR) is 142 cm³/mol. The molecule has 1 atom stereocenters. The molecule has 3 aromatic rings. The average molecular weight is 524 g/mol. The quantitative estimate of drug-likeness (QED) is 0.434. The summed E-state index contributed by atoms with van der Waals surface area (Å²) in [6.45, 7) is 5.18. The van der Waals surface area contributed by atoms with Gasteiger partial charge in [0.1, 0.15) is 11.4 Å². The Balaban J connectivity index is 0.00000456. The second kappa shape index (κ2) is 13.1. The number of benzene rings is 2. The number of hydrogen-bond donors (Lipinski definition) is 1. The number of nitrogens with zero attached hydrogens (tertiary/aromatic N) is 2. The van der Waals surface area contributed by atoms with E-state index in [2.05, 4.69) is 12.2 Å². The molecule has 3 amide bonds. The molecule has 0 radical (unpaired) electrons. The zero-order valence-corrected chi connectivity index (χ0v) is 21.3. The van der Waals surface area contributed by atoms with E-state index in [9.17, 15) is 14.4 Å². The summed E-state index contributed by atoms with van der Waals surface area (Å²) in [6.07, 6.45) is 2.40. The van der Waals surface area contributed by atoms with Gasteiger partial charge in [0.2, 0.25) is 0 Å². The number of imide groups is 1. The van der Waals surface area contributed by atoms with Crippen molar-refractivity contribution < 1.29 is 24.0 Å². The number of nitrogens with one attached hydrogen (secondary N) is 1. The van der Waals surface area contributed by atoms with Crippen molar-refractivity contribution in [2.75, 3.05) is 14.2 Å². The van der Waals surface area contributed by atoms with E-state index in [0.717, 1.165) is 33.6 Å². The molecule has 0 bridgehead atoms. The first-order valence-electron chi connectivity index (χ1n) is 11.4. The molecule has 0 aliphatic rings. The van der Waals surface area contributed by atoms with Crippen molar-refractivity contribution in [3.8, 4) is 5.75 Å². The molecular weight excluding hydrogens is 493 g/mol. The van der Waals surface area contributed by atoms with Gasteiger partial charge in [-0.25, -0.2) is 9.59 Å². The van der Waals surface area contributed by atoms with Crippen LogP contribution in [0.2, 0.25) is 5.02 Å². The second-order valence-corrected chi connectivity index (χ2v) is 8.72. The molecule has 0 aliphatic heterocycles. The van der Waals surface area contributed by atoms with Gasteiger partial charge in [-0.15, -0.1) is 0 Å². The molecule has 0 aliphatic carbocycles. The van der Waals surface area contributed by atoms with Crippen LogP contribution in [0.5, 0.6) is 5.75 Å². The molecule has 3 rings (SSSR count). The number of carbonyl (C=O) groups is 3. The molecule has 1 heterocycles. The van der Waals surface area contributed by atoms with Crippen molar-refractivity contribution in [2.24, 2.45) is 0 Å². The van der Waals surface area contributed by atoms with E-state index in [1.807, 2.05) is 19.1 Å². The molecule has 0 saturated heterocycles. The molecule has 1 unspecified atom stereocenters. The minimum atomic E-state index is -0.622. The van der Waals surface area contributed by atoms with Crippen molar-refractivity contribution in [2.45, 2.75) is 46.1 Å². The number of unbranched alkanes of at least 4 members (excludes halogenated alkanes) is 1. The normalized spacial score (nSPS) is 11.4. The Morgan fingerprint density at radius 2 is 1.86 bits per heavy atom. The Kier molecular flexibility index (Phi) is 10.8. The van der Waals surface area contributed by atoms with Gasteiger partial charge in [-0.2, -0.15) is 4.73 Å². The number of halogens is 1. The number of amides is 3. The summed E-state index contributed by atoms with van der Waals surface area (Å²) in [6, 6.07) is 11.3. The Morgan fingerprint density at radius 1 is 1.17 bits per heavy atom. The van der Waals surface area contributed by atoms with Crippen molar-refractivity contribution in [3.63, 3.8) is 0 Å². The van der Waals surface area contributed by atoms with Gasteiger partial charge in [-0.05, 0) is 43.2 Å². The fourth-order valence-corrected chi connectivity index (χ4v) is 4.02. The summed E-state index contributed by atoms with van der Waals surface area (Å²) >= 11 is 6.37. The third-order valence-electron chi connectivity index (χ3n) is 5.75. The molecule has 188 valence electrons. The van der Waals surface area contributed by atoms with E-state index >= 15 is 0 Å². The van der Waals surface area contributed by atoms with Gasteiger partial charge in [-0.3, -0.25) is 9.69 Å². The van der Waals surface area contributed by atoms with Crippen LogP contribution in [0.1, 0.15) is 60.8 Å². The SMILES string of the molecule is CCCCC(NC(=O)N(C)C(=O)c1cc2ccccc2n1OC(C)=O)c1cc(Cl)c(C)cc1OC.[NaH]. The molecule has 2 aromatic carbocycles. The number of aromatic nitrogens is 1. The molecule has 10 heteroatoms. The second-order valence-electron chi connectivity index (χ2n) is 8.32. The van der Waals surface area contributed by atoms with Gasteiger partial charge < -0.3 is 14.9 Å². The summed E-state index contributed by atoms with van der Waals surface area (Å²) in [5.41, 5.74) is 2.19. The van der Waals surface area contributed by atoms with Crippen molar-refractivity contribution in [3.05, 3.63) is 64.3 Å². The zero-order chi connectivity index (χ0) is 25.7. The number of ether oxygens (including phenoxy) is 1. The van der Waals surface area contributed by atoms with Gasteiger partial charge in [0, 0.05) is 29.9 Å². The zero-order valence-electron chi connectivity index (χ0n) is 20.6. The summed E-state index contributed by atoms with van der Waals surface area (Å²) < 4.78 is 6.70. The Morgan fingerprint density at radius 3 is 2.50 bits per heavy atom. The number of methoxy groups -OCH3 is 1. The van der Waals surface area contributed by atoms with Crippen LogP contribution in [0.15, 0.2) is 42.5 Å². The van der Waals surface area contributed by atoms with E-state index in [1.54, 1.807) is 37.4 Å². The number of urea groups is 1. The van der Waals surface area contributed by atoms with Crippen LogP contribution in [0.3, 0.4) is 0 Å². The van der Waals surface area contributed by atoms with Gasteiger partial charge in [0.15, 0.2) is 0 Å². The van der Waals surface area contributed by atoms with Gasteiger partial charge >= 0.3 is 41.6 Å². The van der Waals surface area contributed by atoms with E-state index in [0.29, 0.717) is 28.1 Å². The monoisotopic (exact) mass is 523 g/mol. The van der Waals surface area contributed by atoms with Crippen molar-refractivity contribution >= 4 is 70.0 Å². The first-order chi connectivity index (χ1) is 16.7. The number of para-hydroxylation sites is 1. The Bertz CT molecular complexity index is 1260. The fraction of sp³-hybridized carbons (Fsp3) is 0.346. The van der Waals surface area contributed by atoms with Crippen LogP contribution in [0.4, 0.5) is 4.79 Å². The maximum atomic E-state index is 13.3. The molecule has 1 N–H and O–H groups in total. The van der Waals surface area contributed by atoms with Crippen LogP contribution >= 0.6 is 11.6 Å². The molecule has 0 saturated carbocycles. The third-order valence-corrected chi connectivity index (χ3v) is 6.15. The van der Waals surface area contributed by atoms with Gasteiger partial charge in [0.25, 0.3) is 5.91 Å². The maximum absolute atomic E-state index is 13.3. The van der Waals surface area contributed by atoms with E-state index in [-0.39, 0.29) is 35.3 Å². The predicted octanol–water partition coefficient (Wildman–Crippen LogP) is 4.65. The molecule has 36 heavy (non-hydrogen) atoms.